The number of hydrogen-bond acceptors (Lipinski definition) is 4. The van der Waals surface area contributed by atoms with Crippen LogP contribution in [0.5, 0.6) is 0 Å². The minimum absolute atomic E-state index is 0. The maximum absolute atomic E-state index is 12.5. The SMILES string of the molecule is CCc1ccccc1CNC(=NC)NCc1ccc(S(=O)(=O)NCC2CCCO2)cc1.I. The van der Waals surface area contributed by atoms with Gasteiger partial charge in [0, 0.05) is 33.3 Å². The number of aryl methyl sites for hydroxylation is 1. The van der Waals surface area contributed by atoms with Crippen molar-refractivity contribution in [1.82, 2.24) is 15.4 Å². The first-order chi connectivity index (χ1) is 15.0. The minimum atomic E-state index is -3.53. The Kier molecular flexibility index (Phi) is 10.9. The Hall–Kier alpha value is -1.69. The van der Waals surface area contributed by atoms with Crippen molar-refractivity contribution in [3.8, 4) is 0 Å². The molecule has 1 fully saturated rings. The van der Waals surface area contributed by atoms with Crippen LogP contribution >= 0.6 is 24.0 Å². The minimum Gasteiger partial charge on any atom is -0.377 e. The van der Waals surface area contributed by atoms with Crippen molar-refractivity contribution in [3.05, 3.63) is 65.2 Å². The third-order valence-electron chi connectivity index (χ3n) is 5.39. The number of benzene rings is 2. The van der Waals surface area contributed by atoms with Crippen molar-refractivity contribution < 1.29 is 13.2 Å². The lowest BCUT2D eigenvalue weighted by Gasteiger charge is -2.14. The fraction of sp³-hybridized carbons (Fsp3) is 0.435. The van der Waals surface area contributed by atoms with E-state index in [-0.39, 0.29) is 35.0 Å². The van der Waals surface area contributed by atoms with Crippen molar-refractivity contribution in [3.63, 3.8) is 0 Å². The lowest BCUT2D eigenvalue weighted by molar-refractivity contribution is 0.114. The molecule has 0 bridgehead atoms. The van der Waals surface area contributed by atoms with Crippen LogP contribution < -0.4 is 15.4 Å². The molecule has 0 spiro atoms. The summed E-state index contributed by atoms with van der Waals surface area (Å²) in [6.45, 7) is 4.40. The van der Waals surface area contributed by atoms with E-state index in [1.54, 1.807) is 19.2 Å². The summed E-state index contributed by atoms with van der Waals surface area (Å²) in [5.41, 5.74) is 3.53. The van der Waals surface area contributed by atoms with Crippen LogP contribution in [0.25, 0.3) is 0 Å². The smallest absolute Gasteiger partial charge is 0.240 e. The topological polar surface area (TPSA) is 91.8 Å². The van der Waals surface area contributed by atoms with Gasteiger partial charge in [-0.3, -0.25) is 4.99 Å². The second-order valence-electron chi connectivity index (χ2n) is 7.53. The maximum Gasteiger partial charge on any atom is 0.240 e. The molecule has 1 unspecified atom stereocenters. The Labute approximate surface area is 208 Å². The normalized spacial score (nSPS) is 16.4. The summed E-state index contributed by atoms with van der Waals surface area (Å²) in [4.78, 5) is 4.53. The highest BCUT2D eigenvalue weighted by molar-refractivity contribution is 14.0. The Bertz CT molecular complexity index is 975. The van der Waals surface area contributed by atoms with E-state index in [9.17, 15) is 8.42 Å². The Morgan fingerprint density at radius 2 is 1.75 bits per heavy atom. The summed E-state index contributed by atoms with van der Waals surface area (Å²) < 4.78 is 33.1. The van der Waals surface area contributed by atoms with E-state index in [2.05, 4.69) is 45.5 Å². The predicted octanol–water partition coefficient (Wildman–Crippen LogP) is 3.19. The molecule has 2 aromatic carbocycles. The van der Waals surface area contributed by atoms with Gasteiger partial charge in [-0.15, -0.1) is 24.0 Å². The molecule has 32 heavy (non-hydrogen) atoms. The maximum atomic E-state index is 12.5. The zero-order valence-electron chi connectivity index (χ0n) is 18.6. The Balaban J connectivity index is 0.00000363. The molecule has 0 saturated carbocycles. The van der Waals surface area contributed by atoms with Gasteiger partial charge in [-0.25, -0.2) is 13.1 Å². The molecule has 0 amide bonds. The summed E-state index contributed by atoms with van der Waals surface area (Å²) in [5, 5.41) is 6.60. The number of hydrogen-bond donors (Lipinski definition) is 3. The van der Waals surface area contributed by atoms with Crippen LogP contribution in [0.4, 0.5) is 0 Å². The van der Waals surface area contributed by atoms with Gasteiger partial charge in [-0.2, -0.15) is 0 Å². The monoisotopic (exact) mass is 572 g/mol. The van der Waals surface area contributed by atoms with Gasteiger partial charge in [-0.1, -0.05) is 43.3 Å². The van der Waals surface area contributed by atoms with Crippen molar-refractivity contribution in [2.75, 3.05) is 20.2 Å². The summed E-state index contributed by atoms with van der Waals surface area (Å²) in [6, 6.07) is 15.2. The third kappa shape index (κ3) is 7.72. The fourth-order valence-corrected chi connectivity index (χ4v) is 4.60. The highest BCUT2D eigenvalue weighted by atomic mass is 127. The van der Waals surface area contributed by atoms with Gasteiger partial charge >= 0.3 is 0 Å². The number of guanidine groups is 1. The second kappa shape index (κ2) is 13.1. The summed E-state index contributed by atoms with van der Waals surface area (Å²) in [7, 11) is -1.80. The lowest BCUT2D eigenvalue weighted by Crippen LogP contribution is -2.36. The van der Waals surface area contributed by atoms with Gasteiger partial charge < -0.3 is 15.4 Å². The van der Waals surface area contributed by atoms with Crippen molar-refractivity contribution in [1.29, 1.82) is 0 Å². The summed E-state index contributed by atoms with van der Waals surface area (Å²) >= 11 is 0. The fourth-order valence-electron chi connectivity index (χ4n) is 3.54. The Morgan fingerprint density at radius 1 is 1.06 bits per heavy atom. The molecule has 7 nitrogen and oxygen atoms in total. The van der Waals surface area contributed by atoms with E-state index in [4.69, 9.17) is 4.74 Å². The molecule has 1 atom stereocenters. The first kappa shape index (κ1) is 26.6. The van der Waals surface area contributed by atoms with Crippen LogP contribution in [-0.2, 0) is 34.3 Å². The van der Waals surface area contributed by atoms with E-state index < -0.39 is 10.0 Å². The number of ether oxygens (including phenoxy) is 1. The molecule has 2 aromatic rings. The average molecular weight is 573 g/mol. The van der Waals surface area contributed by atoms with E-state index in [1.807, 2.05) is 18.2 Å². The van der Waals surface area contributed by atoms with Gasteiger partial charge in [0.05, 0.1) is 11.0 Å². The Morgan fingerprint density at radius 3 is 2.38 bits per heavy atom. The summed E-state index contributed by atoms with van der Waals surface area (Å²) in [6.07, 6.45) is 2.84. The molecule has 1 aliphatic rings. The van der Waals surface area contributed by atoms with E-state index in [0.29, 0.717) is 32.2 Å². The average Bonchev–Trinajstić information content (AvgIpc) is 3.32. The van der Waals surface area contributed by atoms with Crippen LogP contribution in [0.2, 0.25) is 0 Å². The van der Waals surface area contributed by atoms with E-state index in [1.165, 1.54) is 11.1 Å². The van der Waals surface area contributed by atoms with Gasteiger partial charge in [0.25, 0.3) is 0 Å². The van der Waals surface area contributed by atoms with E-state index >= 15 is 0 Å². The van der Waals surface area contributed by atoms with Crippen molar-refractivity contribution in [2.24, 2.45) is 4.99 Å². The van der Waals surface area contributed by atoms with Gasteiger partial charge in [0.2, 0.25) is 10.0 Å². The molecule has 0 aromatic heterocycles. The molecule has 3 N–H and O–H groups in total. The van der Waals surface area contributed by atoms with Crippen LogP contribution in [-0.4, -0.2) is 40.7 Å². The number of halogens is 1. The molecule has 1 heterocycles. The molecule has 0 aliphatic carbocycles. The van der Waals surface area contributed by atoms with Gasteiger partial charge in [0.15, 0.2) is 5.96 Å². The van der Waals surface area contributed by atoms with Crippen LogP contribution in [0.3, 0.4) is 0 Å². The molecule has 176 valence electrons. The van der Waals surface area contributed by atoms with Crippen molar-refractivity contribution in [2.45, 2.75) is 50.3 Å². The first-order valence-corrected chi connectivity index (χ1v) is 12.2. The molecular formula is C23H33IN4O3S. The van der Waals surface area contributed by atoms with E-state index in [0.717, 1.165) is 24.8 Å². The molecule has 0 radical (unpaired) electrons. The molecule has 3 rings (SSSR count). The molecule has 1 saturated heterocycles. The second-order valence-corrected chi connectivity index (χ2v) is 9.30. The number of nitrogens with zero attached hydrogens (tertiary/aromatic N) is 1. The first-order valence-electron chi connectivity index (χ1n) is 10.7. The number of sulfonamides is 1. The van der Waals surface area contributed by atoms with Crippen LogP contribution in [0, 0.1) is 0 Å². The number of rotatable bonds is 9. The molecule has 1 aliphatic heterocycles. The predicted molar refractivity (Wildman–Crippen MR) is 139 cm³/mol. The van der Waals surface area contributed by atoms with Crippen molar-refractivity contribution >= 4 is 40.0 Å². The highest BCUT2D eigenvalue weighted by Gasteiger charge is 2.20. The van der Waals surface area contributed by atoms with Gasteiger partial charge in [0.1, 0.15) is 0 Å². The number of nitrogens with one attached hydrogen (secondary N) is 3. The summed E-state index contributed by atoms with van der Waals surface area (Å²) in [5.74, 6) is 0.695. The third-order valence-corrected chi connectivity index (χ3v) is 6.83. The lowest BCUT2D eigenvalue weighted by atomic mass is 10.1. The van der Waals surface area contributed by atoms with Crippen LogP contribution in [0.15, 0.2) is 58.4 Å². The zero-order chi connectivity index (χ0) is 22.1. The number of aliphatic imine (C=N–C) groups is 1. The highest BCUT2D eigenvalue weighted by Crippen LogP contribution is 2.14. The molecular weight excluding hydrogens is 539 g/mol. The largest absolute Gasteiger partial charge is 0.377 e. The molecule has 9 heteroatoms. The van der Waals surface area contributed by atoms with Crippen LogP contribution in [0.1, 0.15) is 36.5 Å². The zero-order valence-corrected chi connectivity index (χ0v) is 21.8. The van der Waals surface area contributed by atoms with Gasteiger partial charge in [-0.05, 0) is 48.1 Å². The standard InChI is InChI=1S/C23H32N4O3S.HI/c1-3-19-7-4-5-8-20(19)16-26-23(24-2)25-15-18-10-12-22(13-11-18)31(28,29)27-17-21-9-6-14-30-21;/h4-5,7-8,10-13,21,27H,3,6,9,14-17H2,1-2H3,(H2,24,25,26);1H. The quantitative estimate of drug-likeness (QED) is 0.244.